The average molecular weight is 246 g/mol. The Balaban J connectivity index is 2.58. The highest BCUT2D eigenvalue weighted by Crippen LogP contribution is 2.11. The zero-order valence-electron chi connectivity index (χ0n) is 6.63. The number of rotatable bonds is 3. The molecule has 0 radical (unpaired) electrons. The van der Waals surface area contributed by atoms with E-state index in [0.29, 0.717) is 0 Å². The molecule has 0 N–H and O–H groups in total. The number of alkyl halides is 1. The monoisotopic (exact) mass is 244 g/mol. The summed E-state index contributed by atoms with van der Waals surface area (Å²) in [6.45, 7) is 0. The molecular weight excluding hydrogens is 235 g/mol. The summed E-state index contributed by atoms with van der Waals surface area (Å²) < 4.78 is 0. The summed E-state index contributed by atoms with van der Waals surface area (Å²) in [7, 11) is 0. The lowest BCUT2D eigenvalue weighted by Crippen LogP contribution is -1.83. The van der Waals surface area contributed by atoms with Gasteiger partial charge >= 0.3 is 0 Å². The van der Waals surface area contributed by atoms with Crippen LogP contribution in [0.4, 0.5) is 0 Å². The molecule has 2 heteroatoms. The molecular formula is C10H10BrCl. The Morgan fingerprint density at radius 3 is 2.58 bits per heavy atom. The Morgan fingerprint density at radius 1 is 1.33 bits per heavy atom. The van der Waals surface area contributed by atoms with Crippen LogP contribution in [0.5, 0.6) is 0 Å². The van der Waals surface area contributed by atoms with Crippen LogP contribution < -0.4 is 0 Å². The first-order chi connectivity index (χ1) is 5.83. The highest BCUT2D eigenvalue weighted by Gasteiger charge is 1.93. The fraction of sp³-hybridized carbons (Fsp3) is 0.200. The molecule has 0 spiro atoms. The molecule has 0 aliphatic heterocycles. The fourth-order valence-corrected chi connectivity index (χ4v) is 1.76. The van der Waals surface area contributed by atoms with Crippen molar-refractivity contribution < 1.29 is 0 Å². The van der Waals surface area contributed by atoms with E-state index >= 15 is 0 Å². The standard InChI is InChI=1S/C10H10BrCl/c11-7-6-10(12)8-9-4-2-1-3-5-9/h1-6H,7-8H2. The summed E-state index contributed by atoms with van der Waals surface area (Å²) in [5, 5.41) is 1.71. The van der Waals surface area contributed by atoms with Gasteiger partial charge < -0.3 is 0 Å². The Morgan fingerprint density at radius 2 is 2.00 bits per heavy atom. The first-order valence-electron chi connectivity index (χ1n) is 3.77. The van der Waals surface area contributed by atoms with Crippen molar-refractivity contribution in [2.24, 2.45) is 0 Å². The molecule has 0 aliphatic carbocycles. The molecule has 1 aromatic carbocycles. The summed E-state index contributed by atoms with van der Waals surface area (Å²) in [5.74, 6) is 0. The smallest absolute Gasteiger partial charge is 0.0226 e. The molecule has 0 amide bonds. The van der Waals surface area contributed by atoms with Crippen molar-refractivity contribution in [3.63, 3.8) is 0 Å². The van der Waals surface area contributed by atoms with Gasteiger partial charge in [-0.15, -0.1) is 0 Å². The number of allylic oxidation sites excluding steroid dienone is 2. The van der Waals surface area contributed by atoms with Crippen LogP contribution >= 0.6 is 27.5 Å². The average Bonchev–Trinajstić information content (AvgIpc) is 2.06. The predicted octanol–water partition coefficient (Wildman–Crippen LogP) is 3.75. The second kappa shape index (κ2) is 5.39. The van der Waals surface area contributed by atoms with Gasteiger partial charge in [0, 0.05) is 16.8 Å². The van der Waals surface area contributed by atoms with Gasteiger partial charge in [-0.3, -0.25) is 0 Å². The third kappa shape index (κ3) is 3.42. The summed E-state index contributed by atoms with van der Waals surface area (Å²) >= 11 is 9.25. The van der Waals surface area contributed by atoms with Gasteiger partial charge in [0.25, 0.3) is 0 Å². The largest absolute Gasteiger partial charge is 0.0891 e. The van der Waals surface area contributed by atoms with E-state index in [1.54, 1.807) is 0 Å². The fourth-order valence-electron chi connectivity index (χ4n) is 0.947. The van der Waals surface area contributed by atoms with Crippen LogP contribution in [0.3, 0.4) is 0 Å². The predicted molar refractivity (Wildman–Crippen MR) is 57.9 cm³/mol. The van der Waals surface area contributed by atoms with E-state index < -0.39 is 0 Å². The topological polar surface area (TPSA) is 0 Å². The first-order valence-corrected chi connectivity index (χ1v) is 5.27. The number of hydrogen-bond acceptors (Lipinski definition) is 0. The van der Waals surface area contributed by atoms with Crippen molar-refractivity contribution in [3.8, 4) is 0 Å². The lowest BCUT2D eigenvalue weighted by Gasteiger charge is -1.97. The van der Waals surface area contributed by atoms with E-state index in [4.69, 9.17) is 11.6 Å². The van der Waals surface area contributed by atoms with Gasteiger partial charge in [-0.05, 0) is 5.56 Å². The van der Waals surface area contributed by atoms with Crippen LogP contribution in [0, 0.1) is 0 Å². The molecule has 64 valence electrons. The van der Waals surface area contributed by atoms with Crippen LogP contribution in [0.1, 0.15) is 5.56 Å². The molecule has 0 unspecified atom stereocenters. The van der Waals surface area contributed by atoms with E-state index in [1.165, 1.54) is 5.56 Å². The van der Waals surface area contributed by atoms with Crippen molar-refractivity contribution in [1.29, 1.82) is 0 Å². The van der Waals surface area contributed by atoms with Crippen LogP contribution in [0.15, 0.2) is 41.4 Å². The van der Waals surface area contributed by atoms with Crippen molar-refractivity contribution in [1.82, 2.24) is 0 Å². The van der Waals surface area contributed by atoms with E-state index in [-0.39, 0.29) is 0 Å². The highest BCUT2D eigenvalue weighted by atomic mass is 79.9. The Kier molecular flexibility index (Phi) is 4.41. The van der Waals surface area contributed by atoms with E-state index in [0.717, 1.165) is 16.8 Å². The maximum Gasteiger partial charge on any atom is 0.0226 e. The minimum Gasteiger partial charge on any atom is -0.0891 e. The van der Waals surface area contributed by atoms with Gasteiger partial charge in [-0.25, -0.2) is 0 Å². The van der Waals surface area contributed by atoms with Gasteiger partial charge in [0.15, 0.2) is 0 Å². The molecule has 0 saturated heterocycles. The second-order valence-corrected chi connectivity index (χ2v) is 3.60. The van der Waals surface area contributed by atoms with Gasteiger partial charge in [-0.1, -0.05) is 63.9 Å². The van der Waals surface area contributed by atoms with Crippen molar-refractivity contribution in [2.45, 2.75) is 6.42 Å². The van der Waals surface area contributed by atoms with Crippen LogP contribution in [0.2, 0.25) is 0 Å². The van der Waals surface area contributed by atoms with Crippen molar-refractivity contribution in [3.05, 3.63) is 47.0 Å². The van der Waals surface area contributed by atoms with Gasteiger partial charge in [0.05, 0.1) is 0 Å². The highest BCUT2D eigenvalue weighted by molar-refractivity contribution is 9.09. The lowest BCUT2D eigenvalue weighted by molar-refractivity contribution is 1.24. The summed E-state index contributed by atoms with van der Waals surface area (Å²) in [5.41, 5.74) is 1.25. The zero-order chi connectivity index (χ0) is 8.81. The Labute approximate surface area is 86.4 Å². The quantitative estimate of drug-likeness (QED) is 0.712. The SMILES string of the molecule is ClC(=CCBr)Cc1ccccc1. The maximum atomic E-state index is 5.95. The molecule has 0 heterocycles. The normalized spacial score (nSPS) is 11.7. The van der Waals surface area contributed by atoms with E-state index in [9.17, 15) is 0 Å². The van der Waals surface area contributed by atoms with E-state index in [2.05, 4.69) is 28.1 Å². The van der Waals surface area contributed by atoms with Gasteiger partial charge in [0.1, 0.15) is 0 Å². The molecule has 0 aliphatic rings. The van der Waals surface area contributed by atoms with Crippen LogP contribution in [-0.4, -0.2) is 5.33 Å². The molecule has 0 aromatic heterocycles. The second-order valence-electron chi connectivity index (χ2n) is 2.47. The van der Waals surface area contributed by atoms with E-state index in [1.807, 2.05) is 24.3 Å². The third-order valence-corrected chi connectivity index (χ3v) is 2.13. The van der Waals surface area contributed by atoms with Crippen LogP contribution in [-0.2, 0) is 6.42 Å². The summed E-state index contributed by atoms with van der Waals surface area (Å²) in [6, 6.07) is 10.2. The number of halogens is 2. The lowest BCUT2D eigenvalue weighted by atomic mass is 10.1. The molecule has 0 saturated carbocycles. The summed E-state index contributed by atoms with van der Waals surface area (Å²) in [4.78, 5) is 0. The number of hydrogen-bond donors (Lipinski definition) is 0. The molecule has 0 bridgehead atoms. The third-order valence-electron chi connectivity index (χ3n) is 1.51. The molecule has 12 heavy (non-hydrogen) atoms. The van der Waals surface area contributed by atoms with Crippen molar-refractivity contribution >= 4 is 27.5 Å². The summed E-state index contributed by atoms with van der Waals surface area (Å²) in [6.07, 6.45) is 2.79. The van der Waals surface area contributed by atoms with Gasteiger partial charge in [0.2, 0.25) is 0 Å². The molecule has 0 fully saturated rings. The maximum absolute atomic E-state index is 5.95. The first kappa shape index (κ1) is 9.82. The Bertz CT molecular complexity index is 254. The van der Waals surface area contributed by atoms with Gasteiger partial charge in [-0.2, -0.15) is 0 Å². The molecule has 0 atom stereocenters. The minimum absolute atomic E-state index is 0.818. The molecule has 0 nitrogen and oxygen atoms in total. The zero-order valence-corrected chi connectivity index (χ0v) is 8.98. The van der Waals surface area contributed by atoms with Crippen LogP contribution in [0.25, 0.3) is 0 Å². The minimum atomic E-state index is 0.818. The Hall–Kier alpha value is -0.270. The molecule has 1 aromatic rings. The van der Waals surface area contributed by atoms with Crippen molar-refractivity contribution in [2.75, 3.05) is 5.33 Å². The molecule has 1 rings (SSSR count). The number of benzene rings is 1.